The second kappa shape index (κ2) is 9.59. The van der Waals surface area contributed by atoms with E-state index in [-0.39, 0.29) is 17.4 Å². The van der Waals surface area contributed by atoms with E-state index in [0.29, 0.717) is 43.4 Å². The number of hydrogen-bond donors (Lipinski definition) is 1. The van der Waals surface area contributed by atoms with Crippen LogP contribution in [0.5, 0.6) is 0 Å². The van der Waals surface area contributed by atoms with Crippen LogP contribution in [0.25, 0.3) is 0 Å². The molecule has 0 aromatic carbocycles. The van der Waals surface area contributed by atoms with E-state index in [9.17, 15) is 9.59 Å². The molecule has 1 N–H and O–H groups in total. The molecule has 8 nitrogen and oxygen atoms in total. The minimum Gasteiger partial charge on any atom is -0.444 e. The van der Waals surface area contributed by atoms with Crippen molar-refractivity contribution in [3.63, 3.8) is 0 Å². The number of nitrogens with zero attached hydrogens (tertiary/aromatic N) is 3. The minimum atomic E-state index is -0.491. The number of rotatable bonds is 6. The number of carbonyl (C=O) groups excluding carboxylic acids is 2. The number of alkyl carbamates (subject to hydrolysis) is 1. The van der Waals surface area contributed by atoms with Crippen molar-refractivity contribution in [1.29, 1.82) is 0 Å². The maximum atomic E-state index is 12.5. The summed E-state index contributed by atoms with van der Waals surface area (Å²) in [5, 5.41) is 6.84. The monoisotopic (exact) mass is 408 g/mol. The van der Waals surface area contributed by atoms with Crippen molar-refractivity contribution < 1.29 is 18.8 Å². The molecule has 0 aliphatic carbocycles. The fourth-order valence-electron chi connectivity index (χ4n) is 3.14. The normalized spacial score (nSPS) is 16.0. The maximum Gasteiger partial charge on any atom is 0.407 e. The lowest BCUT2D eigenvalue weighted by atomic mass is 9.96. The smallest absolute Gasteiger partial charge is 0.407 e. The molecule has 0 saturated carbocycles. The Morgan fingerprint density at radius 1 is 1.17 bits per heavy atom. The van der Waals surface area contributed by atoms with Crippen molar-refractivity contribution in [2.75, 3.05) is 19.6 Å². The summed E-state index contributed by atoms with van der Waals surface area (Å²) in [6.07, 6.45) is 3.19. The lowest BCUT2D eigenvalue weighted by Gasteiger charge is -2.32. The van der Waals surface area contributed by atoms with Gasteiger partial charge in [0.2, 0.25) is 11.8 Å². The molecule has 0 unspecified atom stereocenters. The molecule has 1 aliphatic heterocycles. The summed E-state index contributed by atoms with van der Waals surface area (Å²) < 4.78 is 10.5. The molecule has 2 amide bonds. The van der Waals surface area contributed by atoms with Crippen molar-refractivity contribution in [3.05, 3.63) is 11.7 Å². The van der Waals surface area contributed by atoms with Gasteiger partial charge in [-0.2, -0.15) is 4.98 Å². The van der Waals surface area contributed by atoms with Gasteiger partial charge in [0.05, 0.1) is 0 Å². The number of carbonyl (C=O) groups is 2. The zero-order valence-corrected chi connectivity index (χ0v) is 18.7. The van der Waals surface area contributed by atoms with Gasteiger partial charge in [0, 0.05) is 37.9 Å². The van der Waals surface area contributed by atoms with Crippen LogP contribution in [0, 0.1) is 5.92 Å². The average molecular weight is 409 g/mol. The summed E-state index contributed by atoms with van der Waals surface area (Å²) in [4.78, 5) is 30.5. The van der Waals surface area contributed by atoms with E-state index < -0.39 is 5.60 Å². The van der Waals surface area contributed by atoms with Crippen molar-refractivity contribution in [3.8, 4) is 0 Å². The zero-order chi connectivity index (χ0) is 21.7. The van der Waals surface area contributed by atoms with Crippen molar-refractivity contribution in [2.45, 2.75) is 84.7 Å². The van der Waals surface area contributed by atoms with Crippen LogP contribution in [0.2, 0.25) is 0 Å². The fourth-order valence-corrected chi connectivity index (χ4v) is 3.14. The average Bonchev–Trinajstić information content (AvgIpc) is 3.08. The molecule has 2 heterocycles. The van der Waals surface area contributed by atoms with Gasteiger partial charge in [-0.15, -0.1) is 0 Å². The second-order valence-corrected chi connectivity index (χ2v) is 9.82. The Labute approximate surface area is 173 Å². The van der Waals surface area contributed by atoms with Crippen LogP contribution >= 0.6 is 0 Å². The van der Waals surface area contributed by atoms with Crippen LogP contribution in [-0.2, 0) is 21.4 Å². The summed E-state index contributed by atoms with van der Waals surface area (Å²) in [7, 11) is 0. The third-order valence-electron chi connectivity index (χ3n) is 4.82. The first-order valence-corrected chi connectivity index (χ1v) is 10.5. The zero-order valence-electron chi connectivity index (χ0n) is 18.7. The Bertz CT molecular complexity index is 680. The van der Waals surface area contributed by atoms with Crippen LogP contribution in [0.4, 0.5) is 4.79 Å². The number of nitrogens with one attached hydrogen (secondary N) is 1. The van der Waals surface area contributed by atoms with E-state index in [1.807, 2.05) is 46.4 Å². The van der Waals surface area contributed by atoms with E-state index in [0.717, 1.165) is 25.9 Å². The number of likely N-dealkylation sites (tertiary alicyclic amines) is 1. The predicted octanol–water partition coefficient (Wildman–Crippen LogP) is 3.45. The van der Waals surface area contributed by atoms with Gasteiger partial charge in [-0.1, -0.05) is 25.9 Å². The Hall–Kier alpha value is -2.12. The molecule has 8 heteroatoms. The van der Waals surface area contributed by atoms with Gasteiger partial charge >= 0.3 is 6.09 Å². The van der Waals surface area contributed by atoms with Gasteiger partial charge in [-0.05, 0) is 46.0 Å². The Balaban J connectivity index is 1.64. The third kappa shape index (κ3) is 8.03. The first-order chi connectivity index (χ1) is 13.4. The molecular weight excluding hydrogens is 372 g/mol. The number of ether oxygens (including phenoxy) is 1. The molecule has 0 radical (unpaired) electrons. The lowest BCUT2D eigenvalue weighted by Crippen LogP contribution is -2.42. The second-order valence-electron chi connectivity index (χ2n) is 9.82. The SMILES string of the molecule is CC(C)(C)OC(=O)NCC1CCN(C(=O)CCCc2nc(C(C)(C)C)no2)CC1. The van der Waals surface area contributed by atoms with Gasteiger partial charge in [-0.3, -0.25) is 4.79 Å². The summed E-state index contributed by atoms with van der Waals surface area (Å²) in [6, 6.07) is 0. The maximum absolute atomic E-state index is 12.5. The molecule has 1 aromatic heterocycles. The fraction of sp³-hybridized carbons (Fsp3) is 0.810. The molecule has 0 atom stereocenters. The molecule has 29 heavy (non-hydrogen) atoms. The predicted molar refractivity (Wildman–Crippen MR) is 109 cm³/mol. The molecule has 1 aromatic rings. The van der Waals surface area contributed by atoms with Crippen LogP contribution in [-0.4, -0.2) is 52.3 Å². The largest absolute Gasteiger partial charge is 0.444 e. The van der Waals surface area contributed by atoms with E-state index >= 15 is 0 Å². The highest BCUT2D eigenvalue weighted by atomic mass is 16.6. The van der Waals surface area contributed by atoms with Gasteiger partial charge < -0.3 is 19.5 Å². The molecule has 1 fully saturated rings. The Kier molecular flexibility index (Phi) is 7.66. The molecule has 164 valence electrons. The molecule has 0 bridgehead atoms. The van der Waals surface area contributed by atoms with E-state index in [2.05, 4.69) is 15.5 Å². The van der Waals surface area contributed by atoms with E-state index in [1.54, 1.807) is 0 Å². The van der Waals surface area contributed by atoms with E-state index in [1.165, 1.54) is 0 Å². The first-order valence-electron chi connectivity index (χ1n) is 10.5. The number of amides is 2. The number of aromatic nitrogens is 2. The Morgan fingerprint density at radius 3 is 2.38 bits per heavy atom. The quantitative estimate of drug-likeness (QED) is 0.774. The van der Waals surface area contributed by atoms with Crippen LogP contribution < -0.4 is 5.32 Å². The topological polar surface area (TPSA) is 97.6 Å². The number of piperidine rings is 1. The van der Waals surface area contributed by atoms with Gasteiger partial charge in [0.1, 0.15) is 5.60 Å². The molecule has 2 rings (SSSR count). The standard InChI is InChI=1S/C21H36N4O4/c1-20(2,3)18-23-16(29-24-18)8-7-9-17(26)25-12-10-15(11-13-25)14-22-19(27)28-21(4,5)6/h15H,7-14H2,1-6H3,(H,22,27). The van der Waals surface area contributed by atoms with Crippen LogP contribution in [0.1, 0.15) is 78.9 Å². The summed E-state index contributed by atoms with van der Waals surface area (Å²) in [6.45, 7) is 13.7. The highest BCUT2D eigenvalue weighted by Crippen LogP contribution is 2.20. The van der Waals surface area contributed by atoms with Crippen molar-refractivity contribution in [2.24, 2.45) is 5.92 Å². The van der Waals surface area contributed by atoms with Crippen LogP contribution in [0.15, 0.2) is 4.52 Å². The summed E-state index contributed by atoms with van der Waals surface area (Å²) in [5.74, 6) is 1.83. The molecule has 1 saturated heterocycles. The minimum absolute atomic E-state index is 0.139. The third-order valence-corrected chi connectivity index (χ3v) is 4.82. The first kappa shape index (κ1) is 23.2. The van der Waals surface area contributed by atoms with Gasteiger partial charge in [0.15, 0.2) is 5.82 Å². The summed E-state index contributed by atoms with van der Waals surface area (Å²) >= 11 is 0. The highest BCUT2D eigenvalue weighted by Gasteiger charge is 2.24. The van der Waals surface area contributed by atoms with E-state index in [4.69, 9.17) is 9.26 Å². The Morgan fingerprint density at radius 2 is 1.83 bits per heavy atom. The molecular formula is C21H36N4O4. The lowest BCUT2D eigenvalue weighted by molar-refractivity contribution is -0.132. The molecule has 1 aliphatic rings. The number of aryl methyl sites for hydroxylation is 1. The number of hydrogen-bond acceptors (Lipinski definition) is 6. The van der Waals surface area contributed by atoms with Gasteiger partial charge in [-0.25, -0.2) is 4.79 Å². The van der Waals surface area contributed by atoms with Crippen LogP contribution in [0.3, 0.4) is 0 Å². The highest BCUT2D eigenvalue weighted by molar-refractivity contribution is 5.76. The van der Waals surface area contributed by atoms with Crippen molar-refractivity contribution in [1.82, 2.24) is 20.4 Å². The van der Waals surface area contributed by atoms with Crippen molar-refractivity contribution >= 4 is 12.0 Å². The summed E-state index contributed by atoms with van der Waals surface area (Å²) in [5.41, 5.74) is -0.629. The van der Waals surface area contributed by atoms with Gasteiger partial charge in [0.25, 0.3) is 0 Å². The molecule has 0 spiro atoms.